The summed E-state index contributed by atoms with van der Waals surface area (Å²) < 4.78 is 86.4. The maximum atomic E-state index is 14.4. The van der Waals surface area contributed by atoms with Gasteiger partial charge < -0.3 is 13.5 Å². The van der Waals surface area contributed by atoms with Crippen LogP contribution in [0, 0.1) is 0 Å². The van der Waals surface area contributed by atoms with Gasteiger partial charge in [0.25, 0.3) is 0 Å². The maximum Gasteiger partial charge on any atom is 0.534 e. The van der Waals surface area contributed by atoms with Gasteiger partial charge >= 0.3 is 15.6 Å². The van der Waals surface area contributed by atoms with E-state index in [1.54, 1.807) is 60.7 Å². The number of alkyl halides is 3. The van der Waals surface area contributed by atoms with Crippen molar-refractivity contribution in [3.05, 3.63) is 78.9 Å². The topological polar surface area (TPSA) is 69.7 Å². The van der Waals surface area contributed by atoms with Crippen LogP contribution in [0.4, 0.5) is 13.2 Å². The predicted octanol–water partition coefficient (Wildman–Crippen LogP) is 3.56. The molecule has 0 fully saturated rings. The molecule has 0 radical (unpaired) electrons. The molecule has 30 heavy (non-hydrogen) atoms. The number of ether oxygens (including phenoxy) is 1. The van der Waals surface area contributed by atoms with Crippen molar-refractivity contribution >= 4 is 33.2 Å². The molecule has 0 saturated heterocycles. The monoisotopic (exact) mass is 456 g/mol. The normalized spacial score (nSPS) is 12.4. The molecule has 0 heterocycles. The second-order valence-corrected chi connectivity index (χ2v) is 10.3. The van der Waals surface area contributed by atoms with Gasteiger partial charge in [-0.15, -0.1) is 0 Å². The predicted molar refractivity (Wildman–Crippen MR) is 108 cm³/mol. The van der Waals surface area contributed by atoms with Crippen molar-refractivity contribution in [3.8, 4) is 11.5 Å². The van der Waals surface area contributed by atoms with Crippen molar-refractivity contribution in [3.63, 3.8) is 0 Å². The van der Waals surface area contributed by atoms with Gasteiger partial charge in [-0.05, 0) is 12.1 Å². The lowest BCUT2D eigenvalue weighted by molar-refractivity contribution is -0.0500. The molecule has 0 N–H and O–H groups in total. The van der Waals surface area contributed by atoms with E-state index in [1.807, 2.05) is 0 Å². The fourth-order valence-corrected chi connectivity index (χ4v) is 6.18. The van der Waals surface area contributed by atoms with Gasteiger partial charge in [0.2, 0.25) is 0 Å². The molecule has 0 amide bonds. The molecule has 158 valence electrons. The van der Waals surface area contributed by atoms with Crippen LogP contribution in [0.5, 0.6) is 11.5 Å². The highest BCUT2D eigenvalue weighted by atomic mass is 32.2. The Kier molecular flexibility index (Phi) is 5.97. The van der Waals surface area contributed by atoms with E-state index in [1.165, 1.54) is 18.2 Å². The third-order valence-corrected chi connectivity index (χ3v) is 8.27. The SMILES string of the molecule is COc1cccc(P(=O)(c2ccccc2)c2ccccc2)c1OS(=O)(=O)C(F)(F)F. The summed E-state index contributed by atoms with van der Waals surface area (Å²) in [6, 6.07) is 20.0. The molecule has 3 rings (SSSR count). The number of rotatable bonds is 6. The molecule has 0 aliphatic heterocycles. The molecule has 0 spiro atoms. The molecule has 0 aromatic heterocycles. The summed E-state index contributed by atoms with van der Waals surface area (Å²) in [4.78, 5) is 0. The lowest BCUT2D eigenvalue weighted by Gasteiger charge is -2.23. The first-order valence-corrected chi connectivity index (χ1v) is 11.6. The Hall–Kier alpha value is -2.77. The third-order valence-electron chi connectivity index (χ3n) is 4.23. The minimum atomic E-state index is -6.03. The highest BCUT2D eigenvalue weighted by molar-refractivity contribution is 7.88. The van der Waals surface area contributed by atoms with Crippen molar-refractivity contribution in [2.75, 3.05) is 7.11 Å². The summed E-state index contributed by atoms with van der Waals surface area (Å²) in [5.74, 6) is -1.07. The molecule has 3 aromatic rings. The molecular weight excluding hydrogens is 440 g/mol. The van der Waals surface area contributed by atoms with E-state index in [0.717, 1.165) is 7.11 Å². The number of methoxy groups -OCH3 is 1. The van der Waals surface area contributed by atoms with Gasteiger partial charge in [0.1, 0.15) is 0 Å². The van der Waals surface area contributed by atoms with E-state index in [4.69, 9.17) is 4.74 Å². The zero-order valence-electron chi connectivity index (χ0n) is 15.5. The van der Waals surface area contributed by atoms with Crippen molar-refractivity contribution in [2.45, 2.75) is 5.51 Å². The summed E-state index contributed by atoms with van der Waals surface area (Å²) in [6.45, 7) is 0. The smallest absolute Gasteiger partial charge is 0.493 e. The van der Waals surface area contributed by atoms with Gasteiger partial charge in [-0.25, -0.2) is 0 Å². The number of benzene rings is 3. The zero-order chi connectivity index (χ0) is 22.0. The third kappa shape index (κ3) is 3.95. The molecule has 0 unspecified atom stereocenters. The van der Waals surface area contributed by atoms with Gasteiger partial charge in [0, 0.05) is 10.6 Å². The Morgan fingerprint density at radius 3 is 1.73 bits per heavy atom. The minimum Gasteiger partial charge on any atom is -0.493 e. The lowest BCUT2D eigenvalue weighted by Crippen LogP contribution is -2.32. The number of halogens is 3. The van der Waals surface area contributed by atoms with Gasteiger partial charge in [0.05, 0.1) is 12.4 Å². The standard InChI is InChI=1S/C20H16F3O5PS/c1-27-17-13-8-14-18(19(17)28-30(25,26)20(21,22)23)29(24,15-9-4-2-5-10-15)16-11-6-3-7-12-16/h2-14H,1H3. The van der Waals surface area contributed by atoms with Crippen LogP contribution >= 0.6 is 7.14 Å². The molecule has 0 atom stereocenters. The van der Waals surface area contributed by atoms with Crippen LogP contribution in [-0.2, 0) is 14.7 Å². The summed E-state index contributed by atoms with van der Waals surface area (Å²) in [5, 5.41) is 0.351. The first-order valence-electron chi connectivity index (χ1n) is 8.51. The van der Waals surface area contributed by atoms with Gasteiger partial charge in [-0.2, -0.15) is 21.6 Å². The zero-order valence-corrected chi connectivity index (χ0v) is 17.2. The Bertz CT molecular complexity index is 1140. The molecule has 0 saturated carbocycles. The van der Waals surface area contributed by atoms with Gasteiger partial charge in [-0.3, -0.25) is 0 Å². The summed E-state index contributed by atoms with van der Waals surface area (Å²) in [5.41, 5.74) is -5.67. The fraction of sp³-hybridized carbons (Fsp3) is 0.100. The summed E-state index contributed by atoms with van der Waals surface area (Å²) in [6.07, 6.45) is 0. The summed E-state index contributed by atoms with van der Waals surface area (Å²) in [7, 11) is -8.72. The molecule has 0 aliphatic rings. The second kappa shape index (κ2) is 8.16. The van der Waals surface area contributed by atoms with E-state index >= 15 is 0 Å². The van der Waals surface area contributed by atoms with Crippen LogP contribution in [0.15, 0.2) is 78.9 Å². The minimum absolute atomic E-state index is 0.230. The van der Waals surface area contributed by atoms with E-state index in [9.17, 15) is 26.2 Å². The van der Waals surface area contributed by atoms with E-state index in [0.29, 0.717) is 10.6 Å². The highest BCUT2D eigenvalue weighted by Gasteiger charge is 2.50. The van der Waals surface area contributed by atoms with Crippen LogP contribution in [0.1, 0.15) is 0 Å². The largest absolute Gasteiger partial charge is 0.534 e. The van der Waals surface area contributed by atoms with E-state index < -0.39 is 28.5 Å². The van der Waals surface area contributed by atoms with Gasteiger partial charge in [-0.1, -0.05) is 66.7 Å². The van der Waals surface area contributed by atoms with Crippen molar-refractivity contribution < 1.29 is 35.1 Å². The molecular formula is C20H16F3O5PS. The van der Waals surface area contributed by atoms with Crippen molar-refractivity contribution in [2.24, 2.45) is 0 Å². The number of hydrogen-bond donors (Lipinski definition) is 0. The summed E-state index contributed by atoms with van der Waals surface area (Å²) >= 11 is 0. The van der Waals surface area contributed by atoms with Crippen LogP contribution in [-0.4, -0.2) is 21.0 Å². The number of hydrogen-bond acceptors (Lipinski definition) is 5. The number of para-hydroxylation sites is 1. The first kappa shape index (κ1) is 21.9. The first-order chi connectivity index (χ1) is 14.1. The van der Waals surface area contributed by atoms with E-state index in [2.05, 4.69) is 4.18 Å². The Balaban J connectivity index is 2.35. The second-order valence-electron chi connectivity index (χ2n) is 6.07. The van der Waals surface area contributed by atoms with E-state index in [-0.39, 0.29) is 11.1 Å². The maximum absolute atomic E-state index is 14.4. The Morgan fingerprint density at radius 2 is 1.30 bits per heavy atom. The Labute approximate surface area is 171 Å². The van der Waals surface area contributed by atoms with Gasteiger partial charge in [0.15, 0.2) is 18.6 Å². The lowest BCUT2D eigenvalue weighted by atomic mass is 10.3. The van der Waals surface area contributed by atoms with Crippen LogP contribution in [0.25, 0.3) is 0 Å². The van der Waals surface area contributed by atoms with Crippen molar-refractivity contribution in [1.82, 2.24) is 0 Å². The molecule has 3 aromatic carbocycles. The van der Waals surface area contributed by atoms with Crippen LogP contribution in [0.3, 0.4) is 0 Å². The Morgan fingerprint density at radius 1 is 0.800 bits per heavy atom. The molecule has 10 heteroatoms. The van der Waals surface area contributed by atoms with Crippen LogP contribution < -0.4 is 24.8 Å². The average molecular weight is 456 g/mol. The quantitative estimate of drug-likeness (QED) is 0.322. The van der Waals surface area contributed by atoms with Crippen molar-refractivity contribution in [1.29, 1.82) is 0 Å². The van der Waals surface area contributed by atoms with Crippen LogP contribution in [0.2, 0.25) is 0 Å². The molecule has 0 bridgehead atoms. The average Bonchev–Trinajstić information content (AvgIpc) is 2.73. The fourth-order valence-electron chi connectivity index (χ4n) is 2.86. The highest BCUT2D eigenvalue weighted by Crippen LogP contribution is 2.48. The molecule has 0 aliphatic carbocycles. The molecule has 5 nitrogen and oxygen atoms in total.